The van der Waals surface area contributed by atoms with Gasteiger partial charge in [-0.1, -0.05) is 66.7 Å². The first kappa shape index (κ1) is 14.8. The first-order chi connectivity index (χ1) is 11.7. The van der Waals surface area contributed by atoms with Crippen LogP contribution in [0.1, 0.15) is 16.7 Å². The summed E-state index contributed by atoms with van der Waals surface area (Å²) in [4.78, 5) is 0. The molecule has 0 radical (unpaired) electrons. The van der Waals surface area contributed by atoms with Gasteiger partial charge >= 0.3 is 0 Å². The molecule has 0 aliphatic carbocycles. The minimum Gasteiger partial charge on any atom is -0.372 e. The molecule has 1 aliphatic heterocycles. The Labute approximate surface area is 143 Å². The van der Waals surface area contributed by atoms with Crippen molar-refractivity contribution in [3.05, 3.63) is 102 Å². The van der Waals surface area contributed by atoms with Gasteiger partial charge in [0, 0.05) is 12.1 Å². The first-order valence-electron chi connectivity index (χ1n) is 8.38. The van der Waals surface area contributed by atoms with Crippen LogP contribution < -0.4 is 5.32 Å². The van der Waals surface area contributed by atoms with E-state index >= 15 is 0 Å². The van der Waals surface area contributed by atoms with Crippen LogP contribution in [0.2, 0.25) is 0 Å². The van der Waals surface area contributed by atoms with Gasteiger partial charge < -0.3 is 5.32 Å². The molecule has 0 saturated carbocycles. The summed E-state index contributed by atoms with van der Waals surface area (Å²) >= 11 is 0. The van der Waals surface area contributed by atoms with Gasteiger partial charge in [0.05, 0.1) is 5.54 Å². The molecule has 24 heavy (non-hydrogen) atoms. The molecule has 1 heterocycles. The summed E-state index contributed by atoms with van der Waals surface area (Å²) in [6.07, 6.45) is 2.98. The van der Waals surface area contributed by atoms with E-state index in [4.69, 9.17) is 0 Å². The Hall–Kier alpha value is -2.80. The Bertz CT molecular complexity index is 895. The van der Waals surface area contributed by atoms with Crippen molar-refractivity contribution in [2.24, 2.45) is 0 Å². The smallest absolute Gasteiger partial charge is 0.0850 e. The predicted octanol–water partition coefficient (Wildman–Crippen LogP) is 5.71. The molecule has 1 heteroatoms. The van der Waals surface area contributed by atoms with Gasteiger partial charge in [-0.25, -0.2) is 0 Å². The van der Waals surface area contributed by atoms with Crippen LogP contribution in [-0.2, 0) is 12.0 Å². The monoisotopic (exact) mass is 311 g/mol. The Morgan fingerprint density at radius 2 is 1.67 bits per heavy atom. The zero-order valence-electron chi connectivity index (χ0n) is 13.9. The summed E-state index contributed by atoms with van der Waals surface area (Å²) in [5.41, 5.74) is 7.45. The molecule has 3 aromatic rings. The SMILES string of the molecule is C=C[C@]1(c2ccccc2C)Cc2cc(-c3ccccc3)ccc2N1. The van der Waals surface area contributed by atoms with Crippen LogP contribution in [0.25, 0.3) is 11.1 Å². The van der Waals surface area contributed by atoms with Crippen LogP contribution in [0.3, 0.4) is 0 Å². The molecule has 0 unspecified atom stereocenters. The second kappa shape index (κ2) is 5.68. The first-order valence-corrected chi connectivity index (χ1v) is 8.38. The molecule has 1 nitrogen and oxygen atoms in total. The number of hydrogen-bond acceptors (Lipinski definition) is 1. The van der Waals surface area contributed by atoms with E-state index in [-0.39, 0.29) is 5.54 Å². The van der Waals surface area contributed by atoms with Gasteiger partial charge in [0.2, 0.25) is 0 Å². The summed E-state index contributed by atoms with van der Waals surface area (Å²) in [6, 6.07) is 25.8. The number of hydrogen-bond donors (Lipinski definition) is 1. The molecule has 1 atom stereocenters. The Balaban J connectivity index is 1.76. The van der Waals surface area contributed by atoms with E-state index in [0.717, 1.165) is 6.42 Å². The minimum atomic E-state index is -0.219. The highest BCUT2D eigenvalue weighted by molar-refractivity contribution is 5.72. The van der Waals surface area contributed by atoms with Crippen molar-refractivity contribution in [2.45, 2.75) is 18.9 Å². The highest BCUT2D eigenvalue weighted by atomic mass is 15.0. The van der Waals surface area contributed by atoms with Crippen LogP contribution in [0.15, 0.2) is 85.5 Å². The fraction of sp³-hybridized carbons (Fsp3) is 0.130. The Morgan fingerprint density at radius 3 is 2.42 bits per heavy atom. The molecule has 0 amide bonds. The van der Waals surface area contributed by atoms with Crippen LogP contribution >= 0.6 is 0 Å². The maximum atomic E-state index is 4.13. The van der Waals surface area contributed by atoms with Gasteiger partial charge in [-0.3, -0.25) is 0 Å². The molecule has 0 saturated heterocycles. The molecular formula is C23H21N. The summed E-state index contributed by atoms with van der Waals surface area (Å²) in [5.74, 6) is 0. The van der Waals surface area contributed by atoms with Gasteiger partial charge in [-0.15, -0.1) is 6.58 Å². The highest BCUT2D eigenvalue weighted by Gasteiger charge is 2.36. The summed E-state index contributed by atoms with van der Waals surface area (Å²) < 4.78 is 0. The van der Waals surface area contributed by atoms with Crippen molar-refractivity contribution < 1.29 is 0 Å². The van der Waals surface area contributed by atoms with Crippen molar-refractivity contribution in [2.75, 3.05) is 5.32 Å². The van der Waals surface area contributed by atoms with Gasteiger partial charge in [0.1, 0.15) is 0 Å². The van der Waals surface area contributed by atoms with E-state index in [0.29, 0.717) is 0 Å². The molecule has 1 N–H and O–H groups in total. The van der Waals surface area contributed by atoms with Crippen molar-refractivity contribution in [3.63, 3.8) is 0 Å². The zero-order valence-corrected chi connectivity index (χ0v) is 13.9. The number of anilines is 1. The third-order valence-electron chi connectivity index (χ3n) is 5.01. The number of nitrogens with one attached hydrogen (secondary N) is 1. The maximum absolute atomic E-state index is 4.13. The Kier molecular flexibility index (Phi) is 3.50. The largest absolute Gasteiger partial charge is 0.372 e. The molecule has 118 valence electrons. The van der Waals surface area contributed by atoms with Gasteiger partial charge in [0.25, 0.3) is 0 Å². The molecule has 3 aromatic carbocycles. The molecule has 0 aromatic heterocycles. The van der Waals surface area contributed by atoms with E-state index in [9.17, 15) is 0 Å². The van der Waals surface area contributed by atoms with E-state index in [1.165, 1.54) is 33.5 Å². The van der Waals surface area contributed by atoms with E-state index in [2.05, 4.69) is 97.7 Å². The van der Waals surface area contributed by atoms with Gasteiger partial charge in [0.15, 0.2) is 0 Å². The van der Waals surface area contributed by atoms with Gasteiger partial charge in [-0.05, 0) is 46.9 Å². The minimum absolute atomic E-state index is 0.219. The quantitative estimate of drug-likeness (QED) is 0.611. The van der Waals surface area contributed by atoms with Crippen LogP contribution in [0.5, 0.6) is 0 Å². The van der Waals surface area contributed by atoms with Crippen LogP contribution in [-0.4, -0.2) is 0 Å². The fourth-order valence-corrected chi connectivity index (χ4v) is 3.73. The highest BCUT2D eigenvalue weighted by Crippen LogP contribution is 2.42. The molecule has 0 spiro atoms. The summed E-state index contributed by atoms with van der Waals surface area (Å²) in [7, 11) is 0. The second-order valence-corrected chi connectivity index (χ2v) is 6.53. The standard InChI is InChI=1S/C23H21N/c1-3-23(21-12-8-7-9-17(21)2)16-20-15-19(13-14-22(20)24-23)18-10-5-4-6-11-18/h3-15,24H,1,16H2,2H3/t23-/m1/s1. The lowest BCUT2D eigenvalue weighted by Gasteiger charge is -2.28. The lowest BCUT2D eigenvalue weighted by molar-refractivity contribution is 0.641. The molecule has 0 fully saturated rings. The second-order valence-electron chi connectivity index (χ2n) is 6.53. The number of aryl methyl sites for hydroxylation is 1. The molecule has 0 bridgehead atoms. The van der Waals surface area contributed by atoms with E-state index in [1.54, 1.807) is 0 Å². The third kappa shape index (κ3) is 2.33. The maximum Gasteiger partial charge on any atom is 0.0850 e. The van der Waals surface area contributed by atoms with E-state index < -0.39 is 0 Å². The number of rotatable bonds is 3. The Morgan fingerprint density at radius 1 is 0.917 bits per heavy atom. The number of benzene rings is 3. The lowest BCUT2D eigenvalue weighted by Crippen LogP contribution is -2.31. The number of fused-ring (bicyclic) bond motifs is 1. The average Bonchev–Trinajstić information content (AvgIpc) is 3.02. The van der Waals surface area contributed by atoms with Crippen LogP contribution in [0.4, 0.5) is 5.69 Å². The molecular weight excluding hydrogens is 290 g/mol. The zero-order chi connectivity index (χ0) is 16.6. The fourth-order valence-electron chi connectivity index (χ4n) is 3.73. The topological polar surface area (TPSA) is 12.0 Å². The summed E-state index contributed by atoms with van der Waals surface area (Å²) in [5, 5.41) is 3.72. The molecule has 4 rings (SSSR count). The predicted molar refractivity (Wildman–Crippen MR) is 102 cm³/mol. The van der Waals surface area contributed by atoms with Crippen molar-refractivity contribution >= 4 is 5.69 Å². The van der Waals surface area contributed by atoms with E-state index in [1.807, 2.05) is 0 Å². The normalized spacial score (nSPS) is 18.7. The third-order valence-corrected chi connectivity index (χ3v) is 5.01. The van der Waals surface area contributed by atoms with Crippen molar-refractivity contribution in [1.82, 2.24) is 0 Å². The van der Waals surface area contributed by atoms with Crippen molar-refractivity contribution in [3.8, 4) is 11.1 Å². The van der Waals surface area contributed by atoms with Crippen molar-refractivity contribution in [1.29, 1.82) is 0 Å². The van der Waals surface area contributed by atoms with Crippen LogP contribution in [0, 0.1) is 6.92 Å². The van der Waals surface area contributed by atoms with Gasteiger partial charge in [-0.2, -0.15) is 0 Å². The summed E-state index contributed by atoms with van der Waals surface area (Å²) in [6.45, 7) is 6.30. The lowest BCUT2D eigenvalue weighted by atomic mass is 9.84. The molecule has 1 aliphatic rings. The average molecular weight is 311 g/mol.